The van der Waals surface area contributed by atoms with Crippen LogP contribution in [0.2, 0.25) is 0 Å². The van der Waals surface area contributed by atoms with E-state index < -0.39 is 5.97 Å². The van der Waals surface area contributed by atoms with E-state index in [4.69, 9.17) is 4.74 Å². The monoisotopic (exact) mass is 300 g/mol. The third kappa shape index (κ3) is 3.56. The van der Waals surface area contributed by atoms with Crippen molar-refractivity contribution < 1.29 is 19.4 Å². The Kier molecular flexibility index (Phi) is 5.15. The molecule has 0 amide bonds. The van der Waals surface area contributed by atoms with Gasteiger partial charge in [-0.1, -0.05) is 22.0 Å². The van der Waals surface area contributed by atoms with Crippen LogP contribution in [0.1, 0.15) is 22.8 Å². The first-order valence-electron chi connectivity index (χ1n) is 5.15. The molecule has 92 valence electrons. The van der Waals surface area contributed by atoms with E-state index in [1.807, 2.05) is 0 Å². The Labute approximate surface area is 108 Å². The van der Waals surface area contributed by atoms with E-state index in [1.54, 1.807) is 13.0 Å². The van der Waals surface area contributed by atoms with Gasteiger partial charge in [-0.3, -0.25) is 4.79 Å². The number of halogens is 1. The molecule has 0 aromatic heterocycles. The third-order valence-electron chi connectivity index (χ3n) is 2.17. The number of hydrogen-bond acceptors (Lipinski definition) is 4. The van der Waals surface area contributed by atoms with Gasteiger partial charge in [-0.25, -0.2) is 4.79 Å². The quantitative estimate of drug-likeness (QED) is 0.668. The molecule has 0 aliphatic heterocycles. The maximum atomic E-state index is 11.6. The number of phenolic OH excluding ortho intramolecular Hbond substituents is 1. The Morgan fingerprint density at radius 1 is 1.41 bits per heavy atom. The molecular weight excluding hydrogens is 288 g/mol. The molecule has 5 heteroatoms. The van der Waals surface area contributed by atoms with Gasteiger partial charge >= 0.3 is 5.97 Å². The highest BCUT2D eigenvalue weighted by atomic mass is 79.9. The zero-order valence-electron chi connectivity index (χ0n) is 9.40. The maximum Gasteiger partial charge on any atom is 0.338 e. The highest BCUT2D eigenvalue weighted by Crippen LogP contribution is 2.23. The molecule has 0 spiro atoms. The molecular formula is C12H13BrO4. The lowest BCUT2D eigenvalue weighted by molar-refractivity contribution is -0.115. The summed E-state index contributed by atoms with van der Waals surface area (Å²) < 4.78 is 4.87. The highest BCUT2D eigenvalue weighted by Gasteiger charge is 2.17. The summed E-state index contributed by atoms with van der Waals surface area (Å²) in [4.78, 5) is 23.0. The van der Waals surface area contributed by atoms with Crippen molar-refractivity contribution in [1.82, 2.24) is 0 Å². The van der Waals surface area contributed by atoms with E-state index >= 15 is 0 Å². The molecule has 0 fully saturated rings. The van der Waals surface area contributed by atoms with Crippen LogP contribution in [0.25, 0.3) is 0 Å². The van der Waals surface area contributed by atoms with Crippen molar-refractivity contribution in [3.05, 3.63) is 29.3 Å². The molecule has 17 heavy (non-hydrogen) atoms. The van der Waals surface area contributed by atoms with Crippen LogP contribution < -0.4 is 0 Å². The molecule has 0 aliphatic rings. The number of ketones is 1. The van der Waals surface area contributed by atoms with Crippen LogP contribution in [0.15, 0.2) is 18.2 Å². The van der Waals surface area contributed by atoms with Crippen LogP contribution in [0.5, 0.6) is 5.75 Å². The average molecular weight is 301 g/mol. The predicted molar refractivity (Wildman–Crippen MR) is 66.6 cm³/mol. The molecule has 4 nitrogen and oxygen atoms in total. The molecule has 0 bridgehead atoms. The van der Waals surface area contributed by atoms with Gasteiger partial charge < -0.3 is 9.84 Å². The first kappa shape index (κ1) is 13.7. The first-order valence-corrected chi connectivity index (χ1v) is 6.28. The summed E-state index contributed by atoms with van der Waals surface area (Å²) in [7, 11) is 0. The number of esters is 1. The van der Waals surface area contributed by atoms with Crippen molar-refractivity contribution in [3.63, 3.8) is 0 Å². The van der Waals surface area contributed by atoms with Gasteiger partial charge in [-0.05, 0) is 19.1 Å². The molecule has 0 atom stereocenters. The van der Waals surface area contributed by atoms with E-state index in [0.717, 1.165) is 0 Å². The van der Waals surface area contributed by atoms with Crippen molar-refractivity contribution in [1.29, 1.82) is 0 Å². The number of rotatable bonds is 5. The third-order valence-corrected chi connectivity index (χ3v) is 2.80. The Morgan fingerprint density at radius 3 is 2.71 bits per heavy atom. The molecule has 0 radical (unpaired) electrons. The largest absolute Gasteiger partial charge is 0.508 e. The number of benzene rings is 1. The Morgan fingerprint density at radius 2 is 2.12 bits per heavy atom. The number of alkyl halides is 1. The normalized spacial score (nSPS) is 10.0. The number of Topliss-reactive ketones (excluding diaryl/α,β-unsaturated/α-hetero) is 1. The van der Waals surface area contributed by atoms with E-state index in [9.17, 15) is 14.7 Å². The van der Waals surface area contributed by atoms with Crippen molar-refractivity contribution in [2.45, 2.75) is 13.3 Å². The number of phenols is 1. The summed E-state index contributed by atoms with van der Waals surface area (Å²) in [6, 6.07) is 4.53. The van der Waals surface area contributed by atoms with Crippen LogP contribution in [-0.2, 0) is 16.0 Å². The molecule has 0 unspecified atom stereocenters. The molecule has 1 aromatic carbocycles. The first-order chi connectivity index (χ1) is 8.10. The second kappa shape index (κ2) is 6.39. The second-order valence-electron chi connectivity index (χ2n) is 3.37. The van der Waals surface area contributed by atoms with Gasteiger partial charge in [0.1, 0.15) is 11.5 Å². The van der Waals surface area contributed by atoms with Crippen molar-refractivity contribution >= 4 is 27.7 Å². The van der Waals surface area contributed by atoms with Gasteiger partial charge in [-0.2, -0.15) is 0 Å². The van der Waals surface area contributed by atoms with E-state index in [-0.39, 0.29) is 35.5 Å². The van der Waals surface area contributed by atoms with Crippen LogP contribution >= 0.6 is 15.9 Å². The van der Waals surface area contributed by atoms with Crippen LogP contribution in [-0.4, -0.2) is 28.8 Å². The predicted octanol–water partition coefficient (Wildman–Crippen LogP) is 2.08. The van der Waals surface area contributed by atoms with Crippen LogP contribution in [0.4, 0.5) is 0 Å². The van der Waals surface area contributed by atoms with Crippen LogP contribution in [0, 0.1) is 0 Å². The molecule has 1 rings (SSSR count). The minimum Gasteiger partial charge on any atom is -0.508 e. The average Bonchev–Trinajstić information content (AvgIpc) is 2.31. The number of ether oxygens (including phenoxy) is 1. The van der Waals surface area contributed by atoms with Gasteiger partial charge in [0.25, 0.3) is 0 Å². The number of carbonyl (C=O) groups is 2. The molecule has 0 saturated carbocycles. The van der Waals surface area contributed by atoms with Crippen molar-refractivity contribution in [2.75, 3.05) is 11.9 Å². The fourth-order valence-electron chi connectivity index (χ4n) is 1.40. The van der Waals surface area contributed by atoms with Gasteiger partial charge in [0, 0.05) is 12.0 Å². The Bertz CT molecular complexity index is 429. The minimum absolute atomic E-state index is 0.00602. The highest BCUT2D eigenvalue weighted by molar-refractivity contribution is 9.09. The molecule has 1 N–H and O–H groups in total. The summed E-state index contributed by atoms with van der Waals surface area (Å²) in [6.07, 6.45) is 0.00602. The van der Waals surface area contributed by atoms with Crippen molar-refractivity contribution in [2.24, 2.45) is 0 Å². The van der Waals surface area contributed by atoms with E-state index in [1.165, 1.54) is 12.1 Å². The summed E-state index contributed by atoms with van der Waals surface area (Å²) in [5, 5.41) is 9.86. The zero-order valence-corrected chi connectivity index (χ0v) is 11.0. The standard InChI is InChI=1S/C12H13BrO4/c1-2-17-12(16)9-4-3-5-11(15)10(9)6-8(14)7-13/h3-5,15H,2,6-7H2,1H3. The van der Waals surface area contributed by atoms with Crippen LogP contribution in [0.3, 0.4) is 0 Å². The molecule has 0 heterocycles. The zero-order chi connectivity index (χ0) is 12.8. The topological polar surface area (TPSA) is 63.6 Å². The lowest BCUT2D eigenvalue weighted by Crippen LogP contribution is -2.12. The van der Waals surface area contributed by atoms with Gasteiger partial charge in [-0.15, -0.1) is 0 Å². The van der Waals surface area contributed by atoms with Gasteiger partial charge in [0.15, 0.2) is 0 Å². The number of carbonyl (C=O) groups excluding carboxylic acids is 2. The fraction of sp³-hybridized carbons (Fsp3) is 0.333. The number of aromatic hydroxyl groups is 1. The van der Waals surface area contributed by atoms with Crippen molar-refractivity contribution in [3.8, 4) is 5.75 Å². The SMILES string of the molecule is CCOC(=O)c1cccc(O)c1CC(=O)CBr. The molecule has 0 saturated heterocycles. The summed E-state index contributed by atoms with van der Waals surface area (Å²) in [5.74, 6) is -0.706. The van der Waals surface area contributed by atoms with E-state index in [2.05, 4.69) is 15.9 Å². The fourth-order valence-corrected chi connectivity index (χ4v) is 1.60. The lowest BCUT2D eigenvalue weighted by Gasteiger charge is -2.09. The lowest BCUT2D eigenvalue weighted by atomic mass is 10.0. The maximum absolute atomic E-state index is 11.6. The molecule has 1 aromatic rings. The Hall–Kier alpha value is -1.36. The van der Waals surface area contributed by atoms with E-state index in [0.29, 0.717) is 5.56 Å². The summed E-state index contributed by atoms with van der Waals surface area (Å²) in [6.45, 7) is 1.95. The summed E-state index contributed by atoms with van der Waals surface area (Å²) in [5.41, 5.74) is 0.552. The minimum atomic E-state index is -0.527. The second-order valence-corrected chi connectivity index (χ2v) is 3.93. The number of hydrogen-bond donors (Lipinski definition) is 1. The van der Waals surface area contributed by atoms with Gasteiger partial charge in [0.2, 0.25) is 0 Å². The Balaban J connectivity index is 3.08. The molecule has 0 aliphatic carbocycles. The smallest absolute Gasteiger partial charge is 0.338 e. The van der Waals surface area contributed by atoms with Gasteiger partial charge in [0.05, 0.1) is 17.5 Å². The summed E-state index contributed by atoms with van der Waals surface area (Å²) >= 11 is 3.04.